The van der Waals surface area contributed by atoms with E-state index in [9.17, 15) is 18.0 Å². The summed E-state index contributed by atoms with van der Waals surface area (Å²) in [6, 6.07) is 13.9. The molecule has 28 heavy (non-hydrogen) atoms. The Morgan fingerprint density at radius 2 is 1.79 bits per heavy atom. The smallest absolute Gasteiger partial charge is 0.251 e. The van der Waals surface area contributed by atoms with Crippen molar-refractivity contribution < 1.29 is 18.0 Å². The summed E-state index contributed by atoms with van der Waals surface area (Å²) in [7, 11) is -2.24. The van der Waals surface area contributed by atoms with Gasteiger partial charge in [-0.15, -0.1) is 0 Å². The molecule has 0 radical (unpaired) electrons. The van der Waals surface area contributed by atoms with E-state index in [1.54, 1.807) is 42.5 Å². The van der Waals surface area contributed by atoms with Crippen molar-refractivity contribution in [2.75, 3.05) is 18.9 Å². The normalized spacial score (nSPS) is 17.7. The fourth-order valence-corrected chi connectivity index (χ4v) is 4.97. The molecule has 8 heteroatoms. The number of carbonyl (C=O) groups excluding carboxylic acids is 2. The van der Waals surface area contributed by atoms with Crippen LogP contribution in [0.3, 0.4) is 0 Å². The monoisotopic (exact) mass is 401 g/mol. The maximum atomic E-state index is 13.0. The second-order valence-corrected chi connectivity index (χ2v) is 8.48. The van der Waals surface area contributed by atoms with Crippen LogP contribution in [0.1, 0.15) is 29.6 Å². The molecule has 1 aliphatic heterocycles. The van der Waals surface area contributed by atoms with Gasteiger partial charge in [-0.25, -0.2) is 8.42 Å². The number of benzene rings is 2. The Hall–Kier alpha value is -2.71. The fraction of sp³-hybridized carbons (Fsp3) is 0.300. The summed E-state index contributed by atoms with van der Waals surface area (Å²) in [5.74, 6) is -0.657. The second kappa shape index (κ2) is 8.53. The molecule has 0 spiro atoms. The molecule has 0 aliphatic carbocycles. The van der Waals surface area contributed by atoms with E-state index in [0.29, 0.717) is 30.6 Å². The number of rotatable bonds is 5. The summed E-state index contributed by atoms with van der Waals surface area (Å²) in [5, 5.41) is 5.29. The first-order chi connectivity index (χ1) is 13.4. The molecule has 7 nitrogen and oxygen atoms in total. The third-order valence-corrected chi connectivity index (χ3v) is 6.65. The summed E-state index contributed by atoms with van der Waals surface area (Å²) < 4.78 is 27.3. The third kappa shape index (κ3) is 4.23. The standard InChI is InChI=1S/C20H23N3O4S/c1-21-19(24)15-8-7-9-16(14-15)22-20(25)18-12-5-6-13-23(18)28(26,27)17-10-3-2-4-11-17/h2-4,7-11,14,18H,5-6,12-13H2,1H3,(H,21,24)(H,22,25). The summed E-state index contributed by atoms with van der Waals surface area (Å²) in [5.41, 5.74) is 0.867. The molecule has 1 atom stereocenters. The highest BCUT2D eigenvalue weighted by Crippen LogP contribution is 2.26. The number of nitrogens with zero attached hydrogens (tertiary/aromatic N) is 1. The Bertz CT molecular complexity index is 960. The maximum Gasteiger partial charge on any atom is 0.251 e. The molecule has 148 valence electrons. The molecule has 1 saturated heterocycles. The van der Waals surface area contributed by atoms with Gasteiger partial charge >= 0.3 is 0 Å². The van der Waals surface area contributed by atoms with Gasteiger partial charge in [0.1, 0.15) is 6.04 Å². The van der Waals surface area contributed by atoms with Crippen LogP contribution in [0.25, 0.3) is 0 Å². The molecule has 2 aromatic carbocycles. The van der Waals surface area contributed by atoms with Gasteiger partial charge in [0.15, 0.2) is 0 Å². The second-order valence-electron chi connectivity index (χ2n) is 6.59. The number of anilines is 1. The van der Waals surface area contributed by atoms with Crippen LogP contribution in [-0.2, 0) is 14.8 Å². The van der Waals surface area contributed by atoms with Crippen LogP contribution in [0.2, 0.25) is 0 Å². The van der Waals surface area contributed by atoms with Gasteiger partial charge in [0.05, 0.1) is 4.90 Å². The average Bonchev–Trinajstić information content (AvgIpc) is 2.74. The van der Waals surface area contributed by atoms with Gasteiger partial charge in [0, 0.05) is 24.8 Å². The molecule has 2 amide bonds. The van der Waals surface area contributed by atoms with Crippen LogP contribution in [0.4, 0.5) is 5.69 Å². The molecule has 0 aromatic heterocycles. The highest BCUT2D eigenvalue weighted by molar-refractivity contribution is 7.89. The highest BCUT2D eigenvalue weighted by atomic mass is 32.2. The highest BCUT2D eigenvalue weighted by Gasteiger charge is 2.37. The largest absolute Gasteiger partial charge is 0.355 e. The first-order valence-corrected chi connectivity index (χ1v) is 10.6. The van der Waals surface area contributed by atoms with Crippen molar-refractivity contribution in [1.82, 2.24) is 9.62 Å². The van der Waals surface area contributed by atoms with E-state index in [0.717, 1.165) is 6.42 Å². The molecule has 1 heterocycles. The Kier molecular flexibility index (Phi) is 6.11. The first-order valence-electron chi connectivity index (χ1n) is 9.13. The predicted octanol–water partition coefficient (Wildman–Crippen LogP) is 2.23. The van der Waals surface area contributed by atoms with Crippen molar-refractivity contribution in [2.24, 2.45) is 0 Å². The van der Waals surface area contributed by atoms with Gasteiger partial charge < -0.3 is 10.6 Å². The quantitative estimate of drug-likeness (QED) is 0.803. The van der Waals surface area contributed by atoms with Crippen molar-refractivity contribution in [1.29, 1.82) is 0 Å². The van der Waals surface area contributed by atoms with Crippen molar-refractivity contribution in [3.05, 3.63) is 60.2 Å². The summed E-state index contributed by atoms with van der Waals surface area (Å²) in [4.78, 5) is 24.8. The lowest BCUT2D eigenvalue weighted by Crippen LogP contribution is -2.49. The Morgan fingerprint density at radius 3 is 2.50 bits per heavy atom. The lowest BCUT2D eigenvalue weighted by molar-refractivity contribution is -0.120. The van der Waals surface area contributed by atoms with Crippen molar-refractivity contribution in [2.45, 2.75) is 30.2 Å². The minimum Gasteiger partial charge on any atom is -0.355 e. The van der Waals surface area contributed by atoms with Gasteiger partial charge in [0.2, 0.25) is 15.9 Å². The van der Waals surface area contributed by atoms with Crippen molar-refractivity contribution in [3.63, 3.8) is 0 Å². The Morgan fingerprint density at radius 1 is 1.04 bits per heavy atom. The van der Waals surface area contributed by atoms with Gasteiger partial charge in [-0.1, -0.05) is 30.7 Å². The number of hydrogen-bond acceptors (Lipinski definition) is 4. The van der Waals surface area contributed by atoms with E-state index in [1.807, 2.05) is 0 Å². The molecule has 1 aliphatic rings. The van der Waals surface area contributed by atoms with E-state index in [-0.39, 0.29) is 10.8 Å². The Labute approximate surface area is 164 Å². The van der Waals surface area contributed by atoms with Crippen LogP contribution in [0, 0.1) is 0 Å². The number of piperidine rings is 1. The van der Waals surface area contributed by atoms with Crippen molar-refractivity contribution in [3.8, 4) is 0 Å². The van der Waals surface area contributed by atoms with Gasteiger partial charge in [0.25, 0.3) is 5.91 Å². The minimum atomic E-state index is -3.77. The van der Waals surface area contributed by atoms with Crippen LogP contribution < -0.4 is 10.6 Å². The zero-order chi connectivity index (χ0) is 20.1. The van der Waals surface area contributed by atoms with Gasteiger partial charge in [-0.3, -0.25) is 9.59 Å². The number of carbonyl (C=O) groups is 2. The number of amides is 2. The van der Waals surface area contributed by atoms with Gasteiger partial charge in [-0.2, -0.15) is 4.31 Å². The van der Waals surface area contributed by atoms with E-state index in [2.05, 4.69) is 10.6 Å². The van der Waals surface area contributed by atoms with E-state index in [1.165, 1.54) is 23.5 Å². The lowest BCUT2D eigenvalue weighted by atomic mass is 10.0. The number of nitrogens with one attached hydrogen (secondary N) is 2. The third-order valence-electron chi connectivity index (χ3n) is 4.73. The summed E-state index contributed by atoms with van der Waals surface area (Å²) in [6.07, 6.45) is 1.94. The lowest BCUT2D eigenvalue weighted by Gasteiger charge is -2.33. The van der Waals surface area contributed by atoms with E-state index < -0.39 is 22.0 Å². The Balaban J connectivity index is 1.83. The zero-order valence-electron chi connectivity index (χ0n) is 15.6. The average molecular weight is 401 g/mol. The fourth-order valence-electron chi connectivity index (χ4n) is 3.29. The molecule has 2 N–H and O–H groups in total. The molecule has 1 unspecified atom stereocenters. The van der Waals surface area contributed by atoms with Crippen LogP contribution >= 0.6 is 0 Å². The minimum absolute atomic E-state index is 0.177. The number of hydrogen-bond donors (Lipinski definition) is 2. The van der Waals surface area contributed by atoms with Crippen LogP contribution in [0.15, 0.2) is 59.5 Å². The van der Waals surface area contributed by atoms with E-state index in [4.69, 9.17) is 0 Å². The van der Waals surface area contributed by atoms with Crippen LogP contribution in [0.5, 0.6) is 0 Å². The van der Waals surface area contributed by atoms with Crippen molar-refractivity contribution >= 4 is 27.5 Å². The molecule has 1 fully saturated rings. The summed E-state index contributed by atoms with van der Waals surface area (Å²) >= 11 is 0. The summed E-state index contributed by atoms with van der Waals surface area (Å²) in [6.45, 7) is 0.299. The molecule has 0 bridgehead atoms. The number of sulfonamides is 1. The maximum absolute atomic E-state index is 13.0. The SMILES string of the molecule is CNC(=O)c1cccc(NC(=O)C2CCCCN2S(=O)(=O)c2ccccc2)c1. The van der Waals surface area contributed by atoms with E-state index >= 15 is 0 Å². The van der Waals surface area contributed by atoms with Gasteiger partial charge in [-0.05, 0) is 43.2 Å². The molecule has 3 rings (SSSR count). The topological polar surface area (TPSA) is 95.6 Å². The molecular formula is C20H23N3O4S. The molecule has 2 aromatic rings. The predicted molar refractivity (Wildman–Crippen MR) is 106 cm³/mol. The molecular weight excluding hydrogens is 378 g/mol. The first kappa shape index (κ1) is 20.0. The molecule has 0 saturated carbocycles. The zero-order valence-corrected chi connectivity index (χ0v) is 16.4. The van der Waals surface area contributed by atoms with Crippen LogP contribution in [-0.4, -0.2) is 44.2 Å².